The molecule has 1 heterocycles. The van der Waals surface area contributed by atoms with Crippen molar-refractivity contribution in [2.45, 2.75) is 18.4 Å². The number of benzene rings is 1. The van der Waals surface area contributed by atoms with Crippen molar-refractivity contribution < 1.29 is 9.21 Å². The molecule has 0 radical (unpaired) electrons. The number of hydrogen-bond acceptors (Lipinski definition) is 2. The van der Waals surface area contributed by atoms with Gasteiger partial charge in [0.15, 0.2) is 5.76 Å². The van der Waals surface area contributed by atoms with Crippen molar-refractivity contribution in [1.29, 1.82) is 0 Å². The Morgan fingerprint density at radius 1 is 1.18 bits per heavy atom. The van der Waals surface area contributed by atoms with Crippen LogP contribution in [-0.2, 0) is 0 Å². The average molecular weight is 227 g/mol. The zero-order chi connectivity index (χ0) is 11.7. The molecule has 1 fully saturated rings. The molecule has 3 heteroatoms. The maximum atomic E-state index is 11.7. The molecule has 2 atom stereocenters. The van der Waals surface area contributed by atoms with Gasteiger partial charge in [0.25, 0.3) is 5.91 Å². The van der Waals surface area contributed by atoms with Crippen molar-refractivity contribution in [2.24, 2.45) is 0 Å². The fourth-order valence-corrected chi connectivity index (χ4v) is 2.07. The summed E-state index contributed by atoms with van der Waals surface area (Å²) >= 11 is 0. The highest BCUT2D eigenvalue weighted by Gasteiger charge is 2.39. The summed E-state index contributed by atoms with van der Waals surface area (Å²) in [5.74, 6) is 0.706. The lowest BCUT2D eigenvalue weighted by atomic mass is 10.1. The highest BCUT2D eigenvalue weighted by Crippen LogP contribution is 2.40. The van der Waals surface area contributed by atoms with E-state index in [2.05, 4.69) is 17.4 Å². The molecule has 1 N–H and O–H groups in total. The van der Waals surface area contributed by atoms with Crippen molar-refractivity contribution in [2.75, 3.05) is 0 Å². The van der Waals surface area contributed by atoms with Crippen LogP contribution in [0.15, 0.2) is 53.1 Å². The van der Waals surface area contributed by atoms with E-state index in [9.17, 15) is 4.79 Å². The summed E-state index contributed by atoms with van der Waals surface area (Å²) in [5.41, 5.74) is 1.29. The summed E-state index contributed by atoms with van der Waals surface area (Å²) in [6, 6.07) is 13.9. The van der Waals surface area contributed by atoms with Gasteiger partial charge in [-0.05, 0) is 24.1 Å². The predicted molar refractivity (Wildman–Crippen MR) is 63.8 cm³/mol. The SMILES string of the molecule is O=C(NC1CC1c1ccccc1)c1ccco1. The van der Waals surface area contributed by atoms with Gasteiger partial charge >= 0.3 is 0 Å². The summed E-state index contributed by atoms with van der Waals surface area (Å²) in [6.07, 6.45) is 2.52. The van der Waals surface area contributed by atoms with Crippen molar-refractivity contribution in [3.05, 3.63) is 60.1 Å². The Morgan fingerprint density at radius 3 is 2.71 bits per heavy atom. The number of carbonyl (C=O) groups is 1. The van der Waals surface area contributed by atoms with Crippen LogP contribution in [0.4, 0.5) is 0 Å². The second kappa shape index (κ2) is 4.09. The molecule has 86 valence electrons. The van der Waals surface area contributed by atoms with Gasteiger partial charge in [0.2, 0.25) is 0 Å². The Bertz CT molecular complexity index is 504. The second-order valence-electron chi connectivity index (χ2n) is 4.31. The molecule has 0 bridgehead atoms. The Morgan fingerprint density at radius 2 is 2.00 bits per heavy atom. The molecule has 17 heavy (non-hydrogen) atoms. The van der Waals surface area contributed by atoms with Gasteiger partial charge < -0.3 is 9.73 Å². The van der Waals surface area contributed by atoms with Crippen molar-refractivity contribution in [1.82, 2.24) is 5.32 Å². The first-order chi connectivity index (χ1) is 8.34. The molecule has 0 spiro atoms. The van der Waals surface area contributed by atoms with Crippen LogP contribution >= 0.6 is 0 Å². The van der Waals surface area contributed by atoms with Gasteiger partial charge in [-0.2, -0.15) is 0 Å². The zero-order valence-corrected chi connectivity index (χ0v) is 9.30. The van der Waals surface area contributed by atoms with E-state index in [1.807, 2.05) is 18.2 Å². The van der Waals surface area contributed by atoms with E-state index < -0.39 is 0 Å². The maximum Gasteiger partial charge on any atom is 0.287 e. The molecular formula is C14H13NO2. The highest BCUT2D eigenvalue weighted by molar-refractivity contribution is 5.91. The summed E-state index contributed by atoms with van der Waals surface area (Å²) in [4.78, 5) is 11.7. The first-order valence-corrected chi connectivity index (χ1v) is 5.74. The molecule has 3 nitrogen and oxygen atoms in total. The lowest BCUT2D eigenvalue weighted by molar-refractivity contribution is 0.0922. The van der Waals surface area contributed by atoms with Crippen LogP contribution in [0, 0.1) is 0 Å². The monoisotopic (exact) mass is 227 g/mol. The Kier molecular flexibility index (Phi) is 2.44. The van der Waals surface area contributed by atoms with Crippen LogP contribution in [0.3, 0.4) is 0 Å². The summed E-state index contributed by atoms with van der Waals surface area (Å²) < 4.78 is 5.05. The molecular weight excluding hydrogens is 214 g/mol. The van der Waals surface area contributed by atoms with Crippen molar-refractivity contribution in [3.8, 4) is 0 Å². The van der Waals surface area contributed by atoms with Gasteiger partial charge in [-0.3, -0.25) is 4.79 Å². The van der Waals surface area contributed by atoms with E-state index in [0.29, 0.717) is 11.7 Å². The van der Waals surface area contributed by atoms with Crippen LogP contribution in [0.1, 0.15) is 28.5 Å². The van der Waals surface area contributed by atoms with Crippen molar-refractivity contribution in [3.63, 3.8) is 0 Å². The minimum atomic E-state index is -0.126. The lowest BCUT2D eigenvalue weighted by Crippen LogP contribution is -2.26. The largest absolute Gasteiger partial charge is 0.459 e. The fourth-order valence-electron chi connectivity index (χ4n) is 2.07. The Hall–Kier alpha value is -2.03. The van der Waals surface area contributed by atoms with Gasteiger partial charge in [0, 0.05) is 12.0 Å². The number of nitrogens with one attached hydrogen (secondary N) is 1. The third-order valence-electron chi connectivity index (χ3n) is 3.08. The van der Waals surface area contributed by atoms with E-state index in [-0.39, 0.29) is 11.9 Å². The number of hydrogen-bond donors (Lipinski definition) is 1. The molecule has 0 aliphatic heterocycles. The molecule has 2 aromatic rings. The zero-order valence-electron chi connectivity index (χ0n) is 9.30. The van der Waals surface area contributed by atoms with E-state index in [1.54, 1.807) is 12.1 Å². The van der Waals surface area contributed by atoms with Crippen LogP contribution < -0.4 is 5.32 Å². The molecule has 0 saturated heterocycles. The minimum Gasteiger partial charge on any atom is -0.459 e. The summed E-state index contributed by atoms with van der Waals surface area (Å²) in [5, 5.41) is 2.97. The normalized spacial score (nSPS) is 22.1. The minimum absolute atomic E-state index is 0.126. The quantitative estimate of drug-likeness (QED) is 0.875. The fraction of sp³-hybridized carbons (Fsp3) is 0.214. The standard InChI is InChI=1S/C14H13NO2/c16-14(13-7-4-8-17-13)15-12-9-11(12)10-5-2-1-3-6-10/h1-8,11-12H,9H2,(H,15,16). The van der Waals surface area contributed by atoms with Gasteiger partial charge in [0.05, 0.1) is 6.26 Å². The van der Waals surface area contributed by atoms with Gasteiger partial charge in [-0.1, -0.05) is 30.3 Å². The molecule has 1 aliphatic carbocycles. The molecule has 1 aliphatic rings. The maximum absolute atomic E-state index is 11.7. The molecule has 3 rings (SSSR count). The van der Waals surface area contributed by atoms with Crippen LogP contribution in [0.5, 0.6) is 0 Å². The molecule has 2 unspecified atom stereocenters. The van der Waals surface area contributed by atoms with E-state index in [0.717, 1.165) is 6.42 Å². The molecule has 1 amide bonds. The van der Waals surface area contributed by atoms with E-state index in [1.165, 1.54) is 11.8 Å². The number of carbonyl (C=O) groups excluding carboxylic acids is 1. The Balaban J connectivity index is 1.61. The smallest absolute Gasteiger partial charge is 0.287 e. The summed E-state index contributed by atoms with van der Waals surface area (Å²) in [7, 11) is 0. The van der Waals surface area contributed by atoms with Crippen molar-refractivity contribution >= 4 is 5.91 Å². The average Bonchev–Trinajstić information content (AvgIpc) is 2.92. The predicted octanol–water partition coefficient (Wildman–Crippen LogP) is 2.57. The van der Waals surface area contributed by atoms with Gasteiger partial charge in [-0.25, -0.2) is 0 Å². The lowest BCUT2D eigenvalue weighted by Gasteiger charge is -2.02. The number of rotatable bonds is 3. The first-order valence-electron chi connectivity index (χ1n) is 5.74. The highest BCUT2D eigenvalue weighted by atomic mass is 16.3. The number of amides is 1. The molecule has 1 aromatic carbocycles. The van der Waals surface area contributed by atoms with Gasteiger partial charge in [0.1, 0.15) is 0 Å². The van der Waals surface area contributed by atoms with Gasteiger partial charge in [-0.15, -0.1) is 0 Å². The Labute approximate surface area is 99.4 Å². The third-order valence-corrected chi connectivity index (χ3v) is 3.08. The van der Waals surface area contributed by atoms with Crippen LogP contribution in [0.25, 0.3) is 0 Å². The summed E-state index contributed by atoms with van der Waals surface area (Å²) in [6.45, 7) is 0. The first kappa shape index (κ1) is 10.1. The second-order valence-corrected chi connectivity index (χ2v) is 4.31. The third kappa shape index (κ3) is 2.09. The molecule has 1 saturated carbocycles. The van der Waals surface area contributed by atoms with E-state index in [4.69, 9.17) is 4.42 Å². The topological polar surface area (TPSA) is 42.2 Å². The van der Waals surface area contributed by atoms with Crippen LogP contribution in [-0.4, -0.2) is 11.9 Å². The molecule has 1 aromatic heterocycles. The van der Waals surface area contributed by atoms with E-state index >= 15 is 0 Å². The number of furan rings is 1. The van der Waals surface area contributed by atoms with Crippen LogP contribution in [0.2, 0.25) is 0 Å².